The van der Waals surface area contributed by atoms with Crippen molar-refractivity contribution in [1.82, 2.24) is 9.97 Å². The van der Waals surface area contributed by atoms with Crippen molar-refractivity contribution in [3.05, 3.63) is 45.5 Å². The first kappa shape index (κ1) is 14.9. The number of hydrogen-bond acceptors (Lipinski definition) is 6. The summed E-state index contributed by atoms with van der Waals surface area (Å²) in [5.74, 6) is -0.700. The van der Waals surface area contributed by atoms with E-state index >= 15 is 0 Å². The van der Waals surface area contributed by atoms with E-state index in [2.05, 4.69) is 15.3 Å². The molecule has 0 unspecified atom stereocenters. The van der Waals surface area contributed by atoms with Crippen molar-refractivity contribution in [1.29, 1.82) is 0 Å². The highest BCUT2D eigenvalue weighted by Crippen LogP contribution is 2.34. The van der Waals surface area contributed by atoms with Gasteiger partial charge in [-0.2, -0.15) is 4.98 Å². The van der Waals surface area contributed by atoms with Crippen molar-refractivity contribution in [2.24, 2.45) is 0 Å². The molecule has 0 spiro atoms. The number of benzene rings is 1. The molecule has 7 nitrogen and oxygen atoms in total. The number of halogens is 2. The lowest BCUT2D eigenvalue weighted by molar-refractivity contribution is -0.385. The van der Waals surface area contributed by atoms with Gasteiger partial charge in [-0.05, 0) is 19.1 Å². The van der Waals surface area contributed by atoms with Crippen molar-refractivity contribution in [2.45, 2.75) is 6.92 Å². The van der Waals surface area contributed by atoms with Crippen molar-refractivity contribution in [3.8, 4) is 11.6 Å². The van der Waals surface area contributed by atoms with Crippen LogP contribution in [-0.2, 0) is 0 Å². The molecule has 0 atom stereocenters. The minimum absolute atomic E-state index is 0.0423. The van der Waals surface area contributed by atoms with Crippen LogP contribution in [0.5, 0.6) is 11.6 Å². The molecule has 110 valence electrons. The van der Waals surface area contributed by atoms with Crippen LogP contribution in [0.4, 0.5) is 15.9 Å². The molecule has 0 saturated heterocycles. The van der Waals surface area contributed by atoms with Gasteiger partial charge in [-0.25, -0.2) is 9.37 Å². The summed E-state index contributed by atoms with van der Waals surface area (Å²) in [5, 5.41) is 13.7. The van der Waals surface area contributed by atoms with Crippen LogP contribution in [-0.4, -0.2) is 21.4 Å². The quantitative estimate of drug-likeness (QED) is 0.672. The molecule has 1 aromatic heterocycles. The molecule has 1 heterocycles. The highest BCUT2D eigenvalue weighted by atomic mass is 35.5. The van der Waals surface area contributed by atoms with E-state index in [1.165, 1.54) is 12.1 Å². The molecule has 21 heavy (non-hydrogen) atoms. The van der Waals surface area contributed by atoms with Gasteiger partial charge in [0, 0.05) is 12.6 Å². The van der Waals surface area contributed by atoms with Gasteiger partial charge in [-0.1, -0.05) is 11.6 Å². The number of nitrogens with zero attached hydrogens (tertiary/aromatic N) is 3. The zero-order valence-electron chi connectivity index (χ0n) is 10.8. The molecule has 0 aliphatic carbocycles. The van der Waals surface area contributed by atoms with Gasteiger partial charge in [0.05, 0.1) is 9.95 Å². The summed E-state index contributed by atoms with van der Waals surface area (Å²) in [6.45, 7) is 2.21. The maximum atomic E-state index is 13.1. The highest BCUT2D eigenvalue weighted by Gasteiger charge is 2.24. The Morgan fingerprint density at radius 1 is 1.48 bits per heavy atom. The fourth-order valence-corrected chi connectivity index (χ4v) is 1.72. The van der Waals surface area contributed by atoms with Gasteiger partial charge in [0.25, 0.3) is 0 Å². The Kier molecular flexibility index (Phi) is 4.49. The first-order valence-corrected chi connectivity index (χ1v) is 6.27. The van der Waals surface area contributed by atoms with E-state index in [4.69, 9.17) is 16.3 Å². The Morgan fingerprint density at radius 3 is 2.86 bits per heavy atom. The van der Waals surface area contributed by atoms with Crippen LogP contribution >= 0.6 is 11.6 Å². The Morgan fingerprint density at radius 2 is 2.24 bits per heavy atom. The largest absolute Gasteiger partial charge is 0.433 e. The number of nitro groups is 1. The lowest BCUT2D eigenvalue weighted by Gasteiger charge is -2.08. The molecule has 0 aliphatic heterocycles. The predicted molar refractivity (Wildman–Crippen MR) is 74.3 cm³/mol. The minimum Gasteiger partial charge on any atom is -0.433 e. The summed E-state index contributed by atoms with van der Waals surface area (Å²) in [7, 11) is 0. The molecule has 1 N–H and O–H groups in total. The number of aromatic nitrogens is 2. The van der Waals surface area contributed by atoms with E-state index in [1.807, 2.05) is 0 Å². The van der Waals surface area contributed by atoms with Crippen molar-refractivity contribution in [2.75, 3.05) is 11.9 Å². The van der Waals surface area contributed by atoms with Crippen molar-refractivity contribution < 1.29 is 14.1 Å². The molecule has 1 aromatic carbocycles. The van der Waals surface area contributed by atoms with Gasteiger partial charge in [0.2, 0.25) is 5.82 Å². The third-order valence-corrected chi connectivity index (χ3v) is 2.71. The van der Waals surface area contributed by atoms with E-state index < -0.39 is 16.4 Å². The first-order chi connectivity index (χ1) is 10.0. The Bertz CT molecular complexity index is 684. The lowest BCUT2D eigenvalue weighted by Crippen LogP contribution is -2.06. The molecule has 0 fully saturated rings. The number of rotatable bonds is 5. The standard InChI is InChI=1S/C12H10ClFN4O3/c1-2-15-11-10(18(19)20)12(17-6-16-11)21-7-3-4-9(14)8(13)5-7/h3-6H,2H2,1H3,(H,15,16,17). The van der Waals surface area contributed by atoms with Gasteiger partial charge < -0.3 is 10.1 Å². The molecule has 2 rings (SSSR count). The fourth-order valence-electron chi connectivity index (χ4n) is 1.55. The van der Waals surface area contributed by atoms with Gasteiger partial charge in [-0.3, -0.25) is 10.1 Å². The Labute approximate surface area is 123 Å². The third-order valence-electron chi connectivity index (χ3n) is 2.42. The molecule has 2 aromatic rings. The Hall–Kier alpha value is -2.48. The summed E-state index contributed by atoms with van der Waals surface area (Å²) in [6, 6.07) is 3.59. The zero-order chi connectivity index (χ0) is 15.4. The molecular weight excluding hydrogens is 303 g/mol. The van der Waals surface area contributed by atoms with Crippen LogP contribution in [0.1, 0.15) is 6.92 Å². The molecule has 0 radical (unpaired) electrons. The van der Waals surface area contributed by atoms with Crippen molar-refractivity contribution >= 4 is 23.1 Å². The van der Waals surface area contributed by atoms with Gasteiger partial charge in [0.15, 0.2) is 0 Å². The van der Waals surface area contributed by atoms with E-state index in [9.17, 15) is 14.5 Å². The SMILES string of the molecule is CCNc1ncnc(Oc2ccc(F)c(Cl)c2)c1[N+](=O)[O-]. The highest BCUT2D eigenvalue weighted by molar-refractivity contribution is 6.30. The van der Waals surface area contributed by atoms with Gasteiger partial charge >= 0.3 is 11.6 Å². The summed E-state index contributed by atoms with van der Waals surface area (Å²) < 4.78 is 18.4. The average Bonchev–Trinajstić information content (AvgIpc) is 2.43. The molecule has 9 heteroatoms. The van der Waals surface area contributed by atoms with Crippen molar-refractivity contribution in [3.63, 3.8) is 0 Å². The van der Waals surface area contributed by atoms with E-state index in [0.717, 1.165) is 12.4 Å². The van der Waals surface area contributed by atoms with Crippen LogP contribution in [0, 0.1) is 15.9 Å². The first-order valence-electron chi connectivity index (χ1n) is 5.89. The van der Waals surface area contributed by atoms with Crippen LogP contribution in [0.2, 0.25) is 5.02 Å². The molecule has 0 saturated carbocycles. The third kappa shape index (κ3) is 3.34. The van der Waals surface area contributed by atoms with Crippen LogP contribution in [0.25, 0.3) is 0 Å². The molecule has 0 bridgehead atoms. The van der Waals surface area contributed by atoms with Crippen LogP contribution in [0.15, 0.2) is 24.5 Å². The van der Waals surface area contributed by atoms with Gasteiger partial charge in [0.1, 0.15) is 17.9 Å². The summed E-state index contributed by atoms with van der Waals surface area (Å²) in [4.78, 5) is 18.0. The second kappa shape index (κ2) is 6.31. The normalized spacial score (nSPS) is 10.2. The van der Waals surface area contributed by atoms with Crippen LogP contribution in [0.3, 0.4) is 0 Å². The number of hydrogen-bond donors (Lipinski definition) is 1. The van der Waals surface area contributed by atoms with Gasteiger partial charge in [-0.15, -0.1) is 0 Å². The van der Waals surface area contributed by atoms with E-state index in [1.54, 1.807) is 6.92 Å². The van der Waals surface area contributed by atoms with Crippen LogP contribution < -0.4 is 10.1 Å². The summed E-state index contributed by atoms with van der Waals surface area (Å²) >= 11 is 5.63. The summed E-state index contributed by atoms with van der Waals surface area (Å²) in [5.41, 5.74) is -0.403. The number of nitrogens with one attached hydrogen (secondary N) is 1. The maximum Gasteiger partial charge on any atom is 0.373 e. The van der Waals surface area contributed by atoms with E-state index in [0.29, 0.717) is 6.54 Å². The Balaban J connectivity index is 2.41. The predicted octanol–water partition coefficient (Wildman–Crippen LogP) is 3.40. The lowest BCUT2D eigenvalue weighted by atomic mass is 10.3. The molecule has 0 amide bonds. The topological polar surface area (TPSA) is 90.2 Å². The molecule has 0 aliphatic rings. The zero-order valence-corrected chi connectivity index (χ0v) is 11.6. The summed E-state index contributed by atoms with van der Waals surface area (Å²) in [6.07, 6.45) is 1.13. The number of ether oxygens (including phenoxy) is 1. The monoisotopic (exact) mass is 312 g/mol. The second-order valence-corrected chi connectivity index (χ2v) is 4.25. The van der Waals surface area contributed by atoms with E-state index in [-0.39, 0.29) is 22.5 Å². The second-order valence-electron chi connectivity index (χ2n) is 3.84. The number of anilines is 1. The average molecular weight is 313 g/mol. The smallest absolute Gasteiger partial charge is 0.373 e. The minimum atomic E-state index is -0.654. The fraction of sp³-hybridized carbons (Fsp3) is 0.167. The molecular formula is C12H10ClFN4O3. The maximum absolute atomic E-state index is 13.1.